The molecule has 1 aliphatic rings. The van der Waals surface area contributed by atoms with E-state index in [0.717, 1.165) is 54.5 Å². The van der Waals surface area contributed by atoms with Crippen LogP contribution in [0.25, 0.3) is 10.9 Å². The van der Waals surface area contributed by atoms with E-state index >= 15 is 0 Å². The fraction of sp³-hybridized carbons (Fsp3) is 0.364. The van der Waals surface area contributed by atoms with Crippen LogP contribution < -0.4 is 15.0 Å². The summed E-state index contributed by atoms with van der Waals surface area (Å²) in [6, 6.07) is 16.5. The Morgan fingerprint density at radius 1 is 0.964 bits per heavy atom. The molecule has 2 aromatic carbocycles. The van der Waals surface area contributed by atoms with Crippen LogP contribution in [-0.2, 0) is 6.42 Å². The lowest BCUT2D eigenvalue weighted by molar-refractivity contribution is 0.414. The van der Waals surface area contributed by atoms with E-state index in [-0.39, 0.29) is 12.4 Å². The maximum absolute atomic E-state index is 5.22. The first-order chi connectivity index (χ1) is 13.3. The summed E-state index contributed by atoms with van der Waals surface area (Å²) < 4.78 is 5.22. The van der Waals surface area contributed by atoms with E-state index in [9.17, 15) is 0 Å². The molecule has 0 amide bonds. The van der Waals surface area contributed by atoms with Crippen LogP contribution in [0, 0.1) is 0 Å². The molecule has 2 heterocycles. The highest BCUT2D eigenvalue weighted by Gasteiger charge is 2.16. The SMILES string of the molecule is COc1ccc(CCNc2nc(N3CCCCC3)nc3ccccc23)cc1.Cl. The van der Waals surface area contributed by atoms with Crippen molar-refractivity contribution in [2.24, 2.45) is 0 Å². The van der Waals surface area contributed by atoms with Crippen LogP contribution in [0.4, 0.5) is 11.8 Å². The Hall–Kier alpha value is -2.53. The van der Waals surface area contributed by atoms with Crippen LogP contribution in [0.3, 0.4) is 0 Å². The van der Waals surface area contributed by atoms with Gasteiger partial charge in [0.15, 0.2) is 0 Å². The predicted octanol–water partition coefficient (Wildman–Crippen LogP) is 4.71. The lowest BCUT2D eigenvalue weighted by atomic mass is 10.1. The highest BCUT2D eigenvalue weighted by molar-refractivity contribution is 5.90. The summed E-state index contributed by atoms with van der Waals surface area (Å²) in [6.45, 7) is 2.92. The third-order valence-electron chi connectivity index (χ3n) is 5.10. The number of anilines is 2. The lowest BCUT2D eigenvalue weighted by Gasteiger charge is -2.27. The molecule has 28 heavy (non-hydrogen) atoms. The normalized spacial score (nSPS) is 13.8. The number of piperidine rings is 1. The van der Waals surface area contributed by atoms with Crippen molar-refractivity contribution in [1.82, 2.24) is 9.97 Å². The van der Waals surface area contributed by atoms with Crippen LogP contribution in [0.1, 0.15) is 24.8 Å². The molecule has 0 bridgehead atoms. The number of benzene rings is 2. The Balaban J connectivity index is 0.00000225. The predicted molar refractivity (Wildman–Crippen MR) is 118 cm³/mol. The van der Waals surface area contributed by atoms with Crippen LogP contribution in [0.2, 0.25) is 0 Å². The molecule has 148 valence electrons. The fourth-order valence-electron chi connectivity index (χ4n) is 3.55. The second-order valence-corrected chi connectivity index (χ2v) is 6.96. The van der Waals surface area contributed by atoms with Gasteiger partial charge >= 0.3 is 0 Å². The van der Waals surface area contributed by atoms with E-state index in [2.05, 4.69) is 34.5 Å². The highest BCUT2D eigenvalue weighted by atomic mass is 35.5. The number of halogens is 1. The number of methoxy groups -OCH3 is 1. The number of nitrogens with zero attached hydrogens (tertiary/aromatic N) is 3. The van der Waals surface area contributed by atoms with E-state index in [4.69, 9.17) is 14.7 Å². The molecule has 0 spiro atoms. The van der Waals surface area contributed by atoms with Gasteiger partial charge in [-0.05, 0) is 55.5 Å². The summed E-state index contributed by atoms with van der Waals surface area (Å²) in [6.07, 6.45) is 4.67. The summed E-state index contributed by atoms with van der Waals surface area (Å²) in [4.78, 5) is 12.0. The van der Waals surface area contributed by atoms with Crippen LogP contribution in [0.15, 0.2) is 48.5 Å². The second kappa shape index (κ2) is 9.60. The molecule has 3 aromatic rings. The number of nitrogens with one attached hydrogen (secondary N) is 1. The number of hydrogen-bond acceptors (Lipinski definition) is 5. The molecule has 4 rings (SSSR count). The van der Waals surface area contributed by atoms with Crippen LogP contribution in [0.5, 0.6) is 5.75 Å². The van der Waals surface area contributed by atoms with Crippen molar-refractivity contribution in [1.29, 1.82) is 0 Å². The maximum Gasteiger partial charge on any atom is 0.227 e. The molecule has 0 atom stereocenters. The summed E-state index contributed by atoms with van der Waals surface area (Å²) in [5, 5.41) is 4.61. The molecular formula is C22H27ClN4O. The summed E-state index contributed by atoms with van der Waals surface area (Å²) in [5.41, 5.74) is 2.28. The number of hydrogen-bond donors (Lipinski definition) is 1. The second-order valence-electron chi connectivity index (χ2n) is 6.96. The first-order valence-electron chi connectivity index (χ1n) is 9.72. The van der Waals surface area contributed by atoms with Crippen LogP contribution in [-0.4, -0.2) is 36.7 Å². The van der Waals surface area contributed by atoms with Gasteiger partial charge in [0, 0.05) is 25.0 Å². The lowest BCUT2D eigenvalue weighted by Crippen LogP contribution is -2.31. The molecule has 1 saturated heterocycles. The van der Waals surface area contributed by atoms with Gasteiger partial charge in [0.2, 0.25) is 5.95 Å². The molecule has 1 N–H and O–H groups in total. The minimum atomic E-state index is 0. The quantitative estimate of drug-likeness (QED) is 0.651. The molecule has 1 fully saturated rings. The van der Waals surface area contributed by atoms with Gasteiger partial charge in [0.05, 0.1) is 12.6 Å². The van der Waals surface area contributed by atoms with Crippen molar-refractivity contribution >= 4 is 35.1 Å². The molecule has 0 radical (unpaired) electrons. The minimum Gasteiger partial charge on any atom is -0.497 e. The fourth-order valence-corrected chi connectivity index (χ4v) is 3.55. The van der Waals surface area contributed by atoms with Gasteiger partial charge in [-0.1, -0.05) is 24.3 Å². The third-order valence-corrected chi connectivity index (χ3v) is 5.10. The van der Waals surface area contributed by atoms with Crippen molar-refractivity contribution < 1.29 is 4.74 Å². The number of aromatic nitrogens is 2. The number of ether oxygens (including phenoxy) is 1. The van der Waals surface area contributed by atoms with E-state index in [0.29, 0.717) is 0 Å². The van der Waals surface area contributed by atoms with E-state index in [1.165, 1.54) is 24.8 Å². The molecule has 0 saturated carbocycles. The largest absolute Gasteiger partial charge is 0.497 e. The van der Waals surface area contributed by atoms with Crippen molar-refractivity contribution in [2.45, 2.75) is 25.7 Å². The summed E-state index contributed by atoms with van der Waals surface area (Å²) >= 11 is 0. The van der Waals surface area contributed by atoms with Gasteiger partial charge < -0.3 is 15.0 Å². The zero-order valence-corrected chi connectivity index (χ0v) is 17.0. The average Bonchev–Trinajstić information content (AvgIpc) is 2.74. The third kappa shape index (κ3) is 4.65. The van der Waals surface area contributed by atoms with Gasteiger partial charge in [0.1, 0.15) is 11.6 Å². The molecule has 1 aromatic heterocycles. The average molecular weight is 399 g/mol. The molecule has 0 aliphatic carbocycles. The van der Waals surface area contributed by atoms with Gasteiger partial charge in [-0.15, -0.1) is 12.4 Å². The van der Waals surface area contributed by atoms with Crippen LogP contribution >= 0.6 is 12.4 Å². The first kappa shape index (κ1) is 20.2. The molecule has 6 heteroatoms. The molecule has 0 unspecified atom stereocenters. The standard InChI is InChI=1S/C22H26N4O.ClH/c1-27-18-11-9-17(10-12-18)13-14-23-21-19-7-3-4-8-20(19)24-22(25-21)26-15-5-2-6-16-26;/h3-4,7-12H,2,5-6,13-16H2,1H3,(H,23,24,25);1H. The smallest absolute Gasteiger partial charge is 0.227 e. The topological polar surface area (TPSA) is 50.3 Å². The van der Waals surface area contributed by atoms with E-state index in [1.807, 2.05) is 24.3 Å². The van der Waals surface area contributed by atoms with E-state index in [1.54, 1.807) is 7.11 Å². The summed E-state index contributed by atoms with van der Waals surface area (Å²) in [5.74, 6) is 2.66. The zero-order chi connectivity index (χ0) is 18.5. The Kier molecular flexibility index (Phi) is 6.93. The highest BCUT2D eigenvalue weighted by Crippen LogP contribution is 2.25. The first-order valence-corrected chi connectivity index (χ1v) is 9.72. The molecule has 1 aliphatic heterocycles. The van der Waals surface area contributed by atoms with Gasteiger partial charge in [-0.25, -0.2) is 4.98 Å². The zero-order valence-electron chi connectivity index (χ0n) is 16.2. The Morgan fingerprint density at radius 2 is 1.71 bits per heavy atom. The maximum atomic E-state index is 5.22. The van der Waals surface area contributed by atoms with Gasteiger partial charge in [0.25, 0.3) is 0 Å². The van der Waals surface area contributed by atoms with Crippen molar-refractivity contribution in [3.8, 4) is 5.75 Å². The molecular weight excluding hydrogens is 372 g/mol. The van der Waals surface area contributed by atoms with Crippen molar-refractivity contribution in [3.05, 3.63) is 54.1 Å². The Morgan fingerprint density at radius 3 is 2.46 bits per heavy atom. The number of fused-ring (bicyclic) bond motifs is 1. The Labute approximate surface area is 172 Å². The summed E-state index contributed by atoms with van der Waals surface area (Å²) in [7, 11) is 1.69. The van der Waals surface area contributed by atoms with Gasteiger partial charge in [-0.2, -0.15) is 4.98 Å². The van der Waals surface area contributed by atoms with Crippen molar-refractivity contribution in [3.63, 3.8) is 0 Å². The van der Waals surface area contributed by atoms with E-state index < -0.39 is 0 Å². The minimum absolute atomic E-state index is 0. The Bertz CT molecular complexity index is 895. The van der Waals surface area contributed by atoms with Crippen molar-refractivity contribution in [2.75, 3.05) is 37.0 Å². The number of para-hydroxylation sites is 1. The monoisotopic (exact) mass is 398 g/mol. The molecule has 5 nitrogen and oxygen atoms in total. The van der Waals surface area contributed by atoms with Gasteiger partial charge in [-0.3, -0.25) is 0 Å². The number of rotatable bonds is 6.